The van der Waals surface area contributed by atoms with Crippen LogP contribution in [0.25, 0.3) is 0 Å². The van der Waals surface area contributed by atoms with Crippen molar-refractivity contribution in [1.82, 2.24) is 14.3 Å². The Labute approximate surface area is 223 Å². The maximum Gasteiger partial charge on any atom is 0.573 e. The lowest BCUT2D eigenvalue weighted by molar-refractivity contribution is -0.274. The Hall–Kier alpha value is -4.32. The van der Waals surface area contributed by atoms with Gasteiger partial charge in [0.25, 0.3) is 5.56 Å². The Morgan fingerprint density at radius 1 is 1.10 bits per heavy atom. The van der Waals surface area contributed by atoms with Crippen LogP contribution in [0.1, 0.15) is 16.9 Å². The quantitative estimate of drug-likeness (QED) is 0.340. The highest BCUT2D eigenvalue weighted by atomic mass is 35.5. The molecule has 0 aliphatic carbocycles. The molecule has 13 heteroatoms. The second kappa shape index (κ2) is 10.4. The van der Waals surface area contributed by atoms with Crippen molar-refractivity contribution in [1.29, 1.82) is 0 Å². The minimum Gasteiger partial charge on any atom is -0.442 e. The average Bonchev–Trinajstić information content (AvgIpc) is 3.40. The number of alkyl halides is 3. The van der Waals surface area contributed by atoms with Gasteiger partial charge in [0.1, 0.15) is 17.3 Å². The van der Waals surface area contributed by atoms with Crippen molar-refractivity contribution in [2.45, 2.75) is 25.7 Å². The van der Waals surface area contributed by atoms with E-state index in [4.69, 9.17) is 20.9 Å². The third-order valence-electron chi connectivity index (χ3n) is 6.08. The Bertz CT molecular complexity index is 1640. The summed E-state index contributed by atoms with van der Waals surface area (Å²) in [6.45, 7) is -0.0528. The van der Waals surface area contributed by atoms with E-state index in [9.17, 15) is 22.8 Å². The molecule has 1 aliphatic heterocycles. The fourth-order valence-electron chi connectivity index (χ4n) is 4.30. The number of rotatable bonds is 6. The van der Waals surface area contributed by atoms with Crippen molar-refractivity contribution >= 4 is 23.3 Å². The van der Waals surface area contributed by atoms with Crippen molar-refractivity contribution in [2.75, 3.05) is 0 Å². The highest BCUT2D eigenvalue weighted by Gasteiger charge is 2.33. The number of hydrogen-bond donors (Lipinski definition) is 0. The van der Waals surface area contributed by atoms with E-state index in [1.807, 2.05) is 12.1 Å². The van der Waals surface area contributed by atoms with E-state index in [-0.39, 0.29) is 36.0 Å². The second-order valence-corrected chi connectivity index (χ2v) is 9.26. The van der Waals surface area contributed by atoms with E-state index in [1.165, 1.54) is 29.9 Å². The molecule has 9 nitrogen and oxygen atoms in total. The summed E-state index contributed by atoms with van der Waals surface area (Å²) in [4.78, 5) is 30.8. The summed E-state index contributed by atoms with van der Waals surface area (Å²) in [5.74, 6) is -0.383. The van der Waals surface area contributed by atoms with Crippen LogP contribution >= 0.6 is 11.6 Å². The third kappa shape index (κ3) is 5.90. The third-order valence-corrected chi connectivity index (χ3v) is 6.34. The van der Waals surface area contributed by atoms with Crippen LogP contribution in [0.4, 0.5) is 19.0 Å². The van der Waals surface area contributed by atoms with Gasteiger partial charge in [0.05, 0.1) is 18.3 Å². The molecule has 202 valence electrons. The van der Waals surface area contributed by atoms with Crippen LogP contribution in [0.3, 0.4) is 0 Å². The van der Waals surface area contributed by atoms with Gasteiger partial charge in [0.2, 0.25) is 0 Å². The van der Waals surface area contributed by atoms with E-state index < -0.39 is 29.3 Å². The predicted molar refractivity (Wildman–Crippen MR) is 135 cm³/mol. The molecule has 0 bridgehead atoms. The van der Waals surface area contributed by atoms with Gasteiger partial charge in [-0.2, -0.15) is 4.99 Å². The highest BCUT2D eigenvalue weighted by molar-refractivity contribution is 6.30. The van der Waals surface area contributed by atoms with E-state index in [1.54, 1.807) is 18.2 Å². The highest BCUT2D eigenvalue weighted by Crippen LogP contribution is 2.32. The largest absolute Gasteiger partial charge is 0.573 e. The topological polar surface area (TPSA) is 101 Å². The van der Waals surface area contributed by atoms with Gasteiger partial charge in [-0.1, -0.05) is 35.0 Å². The van der Waals surface area contributed by atoms with Crippen LogP contribution in [-0.2, 0) is 26.4 Å². The lowest BCUT2D eigenvalue weighted by Crippen LogP contribution is -2.43. The molecule has 0 saturated carbocycles. The number of halogens is 4. The molecule has 0 amide bonds. The van der Waals surface area contributed by atoms with Crippen molar-refractivity contribution in [3.8, 4) is 11.5 Å². The Kier molecular flexibility index (Phi) is 7.04. The van der Waals surface area contributed by atoms with Gasteiger partial charge in [-0.15, -0.1) is 13.2 Å². The Balaban J connectivity index is 1.59. The lowest BCUT2D eigenvalue weighted by Gasteiger charge is -2.26. The SMILES string of the molecule is Cn1c(=O)c2c(n(Cc3ccno3)c1=O)N=C(Oc1cccc(OC(F)(F)F)c1)C(Cc1ccc(Cl)cc1)C2. The predicted octanol–water partition coefficient (Wildman–Crippen LogP) is 4.66. The molecule has 2 aromatic heterocycles. The zero-order chi connectivity index (χ0) is 27.7. The molecular weight excluding hydrogens is 541 g/mol. The van der Waals surface area contributed by atoms with E-state index in [0.717, 1.165) is 22.3 Å². The number of benzene rings is 2. The molecule has 3 heterocycles. The number of fused-ring (bicyclic) bond motifs is 1. The van der Waals surface area contributed by atoms with Crippen molar-refractivity contribution in [3.05, 3.63) is 104 Å². The summed E-state index contributed by atoms with van der Waals surface area (Å²) >= 11 is 6.02. The normalized spacial score (nSPS) is 15.0. The molecule has 1 aliphatic rings. The first-order valence-electron chi connectivity index (χ1n) is 11.7. The van der Waals surface area contributed by atoms with Crippen LogP contribution in [0.5, 0.6) is 11.5 Å². The Morgan fingerprint density at radius 2 is 1.85 bits per heavy atom. The summed E-state index contributed by atoms with van der Waals surface area (Å²) in [5.41, 5.74) is 0.0190. The number of aromatic nitrogens is 3. The molecule has 5 rings (SSSR count). The van der Waals surface area contributed by atoms with Crippen molar-refractivity contribution in [2.24, 2.45) is 18.0 Å². The Morgan fingerprint density at radius 3 is 2.54 bits per heavy atom. The molecule has 0 saturated heterocycles. The van der Waals surface area contributed by atoms with E-state index >= 15 is 0 Å². The fourth-order valence-corrected chi connectivity index (χ4v) is 4.43. The van der Waals surface area contributed by atoms with Crippen LogP contribution in [0.15, 0.2) is 79.9 Å². The van der Waals surface area contributed by atoms with Gasteiger partial charge in [0.15, 0.2) is 11.7 Å². The molecule has 39 heavy (non-hydrogen) atoms. The monoisotopic (exact) mass is 560 g/mol. The minimum atomic E-state index is -4.88. The summed E-state index contributed by atoms with van der Waals surface area (Å²) in [6, 6.07) is 13.7. The molecule has 1 atom stereocenters. The summed E-state index contributed by atoms with van der Waals surface area (Å²) in [5, 5.41) is 4.19. The summed E-state index contributed by atoms with van der Waals surface area (Å²) < 4.78 is 55.7. The molecule has 0 N–H and O–H groups in total. The maximum atomic E-state index is 13.1. The van der Waals surface area contributed by atoms with Crippen LogP contribution in [0.2, 0.25) is 5.02 Å². The molecule has 4 aromatic rings. The standard InChI is InChI=1S/C26H20ClF3N4O5/c1-33-24(35)21-12-16(11-15-5-7-17(27)8-6-15)23(37-18-3-2-4-19(13-18)38-26(28,29)30)32-22(21)34(25(33)36)14-20-9-10-31-39-20/h2-10,13,16H,11-12,14H2,1H3. The van der Waals surface area contributed by atoms with Crippen LogP contribution in [-0.4, -0.2) is 26.6 Å². The number of nitrogens with zero attached hydrogens (tertiary/aromatic N) is 4. The van der Waals surface area contributed by atoms with Crippen molar-refractivity contribution in [3.63, 3.8) is 0 Å². The van der Waals surface area contributed by atoms with E-state index in [2.05, 4.69) is 14.9 Å². The first-order valence-corrected chi connectivity index (χ1v) is 12.0. The first kappa shape index (κ1) is 26.3. The number of aliphatic imine (C=N–C) groups is 1. The van der Waals surface area contributed by atoms with Crippen LogP contribution < -0.4 is 20.7 Å². The van der Waals surface area contributed by atoms with Gasteiger partial charge < -0.3 is 14.0 Å². The average molecular weight is 561 g/mol. The summed E-state index contributed by atoms with van der Waals surface area (Å²) in [7, 11) is 1.37. The van der Waals surface area contributed by atoms with Crippen molar-refractivity contribution < 1.29 is 27.2 Å². The fraction of sp³-hybridized carbons (Fsp3) is 0.231. The van der Waals surface area contributed by atoms with Gasteiger partial charge in [-0.05, 0) is 42.7 Å². The molecule has 1 unspecified atom stereocenters. The number of ether oxygens (including phenoxy) is 2. The smallest absolute Gasteiger partial charge is 0.442 e. The first-order chi connectivity index (χ1) is 18.6. The molecule has 0 fully saturated rings. The molecule has 0 radical (unpaired) electrons. The van der Waals surface area contributed by atoms with Gasteiger partial charge >= 0.3 is 12.1 Å². The molecular formula is C26H20ClF3N4O5. The zero-order valence-electron chi connectivity index (χ0n) is 20.3. The summed E-state index contributed by atoms with van der Waals surface area (Å²) in [6.07, 6.45) is -2.93. The molecule has 2 aromatic carbocycles. The van der Waals surface area contributed by atoms with Gasteiger partial charge in [0, 0.05) is 30.1 Å². The lowest BCUT2D eigenvalue weighted by atomic mass is 9.91. The van der Waals surface area contributed by atoms with E-state index in [0.29, 0.717) is 17.2 Å². The van der Waals surface area contributed by atoms with Gasteiger partial charge in [-0.3, -0.25) is 13.9 Å². The maximum absolute atomic E-state index is 13.1. The van der Waals surface area contributed by atoms with Crippen LogP contribution in [0, 0.1) is 5.92 Å². The second-order valence-electron chi connectivity index (χ2n) is 8.82. The number of hydrogen-bond acceptors (Lipinski definition) is 7. The van der Waals surface area contributed by atoms with Gasteiger partial charge in [-0.25, -0.2) is 4.79 Å². The minimum absolute atomic E-state index is 0.0352. The zero-order valence-corrected chi connectivity index (χ0v) is 21.1. The molecule has 0 spiro atoms.